The number of hydrogen-bond donors (Lipinski definition) is 1. The van der Waals surface area contributed by atoms with Gasteiger partial charge in [-0.2, -0.15) is 0 Å². The first-order valence-electron chi connectivity index (χ1n) is 7.37. The van der Waals surface area contributed by atoms with Crippen LogP contribution in [0.4, 0.5) is 0 Å². The second kappa shape index (κ2) is 8.41. The molecule has 0 radical (unpaired) electrons. The van der Waals surface area contributed by atoms with Crippen molar-refractivity contribution in [3.05, 3.63) is 60.2 Å². The first-order chi connectivity index (χ1) is 10.7. The number of ether oxygens (including phenoxy) is 2. The molecule has 0 fully saturated rings. The number of aliphatic hydroxyl groups excluding tert-OH is 1. The summed E-state index contributed by atoms with van der Waals surface area (Å²) in [6.07, 6.45) is 0. The van der Waals surface area contributed by atoms with Crippen LogP contribution >= 0.6 is 0 Å². The molecular weight excluding hydrogens is 278 g/mol. The van der Waals surface area contributed by atoms with Crippen molar-refractivity contribution in [2.24, 2.45) is 0 Å². The predicted molar refractivity (Wildman–Crippen MR) is 87.4 cm³/mol. The molecule has 4 heteroatoms. The van der Waals surface area contributed by atoms with Crippen LogP contribution in [-0.4, -0.2) is 43.9 Å². The summed E-state index contributed by atoms with van der Waals surface area (Å²) in [4.78, 5) is 2.09. The van der Waals surface area contributed by atoms with Crippen molar-refractivity contribution < 1.29 is 14.6 Å². The van der Waals surface area contributed by atoms with Gasteiger partial charge in [-0.3, -0.25) is 4.90 Å². The average Bonchev–Trinajstić information content (AvgIpc) is 2.57. The van der Waals surface area contributed by atoms with Crippen molar-refractivity contribution in [2.75, 3.05) is 33.9 Å². The normalized spacial score (nSPS) is 12.2. The van der Waals surface area contributed by atoms with Crippen LogP contribution in [0.25, 0.3) is 0 Å². The second-order valence-corrected chi connectivity index (χ2v) is 5.11. The van der Waals surface area contributed by atoms with E-state index in [-0.39, 0.29) is 12.6 Å². The molecule has 0 bridgehead atoms. The molecular formula is C18H23NO3. The van der Waals surface area contributed by atoms with E-state index in [9.17, 15) is 5.11 Å². The monoisotopic (exact) mass is 301 g/mol. The van der Waals surface area contributed by atoms with Crippen molar-refractivity contribution >= 4 is 0 Å². The molecule has 0 saturated carbocycles. The summed E-state index contributed by atoms with van der Waals surface area (Å²) in [7, 11) is 3.63. The van der Waals surface area contributed by atoms with Gasteiger partial charge in [-0.15, -0.1) is 0 Å². The Morgan fingerprint density at radius 2 is 1.68 bits per heavy atom. The van der Waals surface area contributed by atoms with Crippen molar-refractivity contribution in [3.8, 4) is 11.5 Å². The second-order valence-electron chi connectivity index (χ2n) is 5.11. The lowest BCUT2D eigenvalue weighted by atomic mass is 10.1. The van der Waals surface area contributed by atoms with Crippen LogP contribution in [0.1, 0.15) is 11.6 Å². The fourth-order valence-electron chi connectivity index (χ4n) is 2.31. The lowest BCUT2D eigenvalue weighted by Crippen LogP contribution is -2.31. The van der Waals surface area contributed by atoms with E-state index in [0.717, 1.165) is 23.6 Å². The molecule has 118 valence electrons. The summed E-state index contributed by atoms with van der Waals surface area (Å²) < 4.78 is 10.9. The van der Waals surface area contributed by atoms with Crippen molar-refractivity contribution in [1.82, 2.24) is 4.90 Å². The van der Waals surface area contributed by atoms with E-state index in [0.29, 0.717) is 6.61 Å². The van der Waals surface area contributed by atoms with Crippen LogP contribution < -0.4 is 9.47 Å². The Balaban J connectivity index is 1.89. The Morgan fingerprint density at radius 1 is 1.00 bits per heavy atom. The molecule has 0 aliphatic carbocycles. The minimum absolute atomic E-state index is 0.0507. The zero-order chi connectivity index (χ0) is 15.8. The Labute approximate surface area is 131 Å². The lowest BCUT2D eigenvalue weighted by molar-refractivity contribution is 0.130. The molecule has 1 atom stereocenters. The zero-order valence-corrected chi connectivity index (χ0v) is 13.1. The Kier molecular flexibility index (Phi) is 6.25. The molecule has 0 spiro atoms. The predicted octanol–water partition coefficient (Wildman–Crippen LogP) is 2.74. The van der Waals surface area contributed by atoms with Gasteiger partial charge >= 0.3 is 0 Å². The molecule has 0 amide bonds. The van der Waals surface area contributed by atoms with Crippen LogP contribution in [0.5, 0.6) is 11.5 Å². The molecule has 2 aromatic rings. The van der Waals surface area contributed by atoms with E-state index in [1.807, 2.05) is 61.6 Å². The van der Waals surface area contributed by atoms with E-state index in [2.05, 4.69) is 4.90 Å². The van der Waals surface area contributed by atoms with E-state index >= 15 is 0 Å². The van der Waals surface area contributed by atoms with Gasteiger partial charge in [-0.05, 0) is 36.9 Å². The Bertz CT molecular complexity index is 542. The van der Waals surface area contributed by atoms with Crippen LogP contribution in [0.15, 0.2) is 54.6 Å². The van der Waals surface area contributed by atoms with Crippen LogP contribution in [0.2, 0.25) is 0 Å². The summed E-state index contributed by atoms with van der Waals surface area (Å²) in [6.45, 7) is 1.37. The van der Waals surface area contributed by atoms with Gasteiger partial charge in [0.15, 0.2) is 0 Å². The maximum atomic E-state index is 9.68. The average molecular weight is 301 g/mol. The minimum atomic E-state index is -0.0507. The fraction of sp³-hybridized carbons (Fsp3) is 0.333. The van der Waals surface area contributed by atoms with Gasteiger partial charge in [0.25, 0.3) is 0 Å². The van der Waals surface area contributed by atoms with Crippen molar-refractivity contribution in [3.63, 3.8) is 0 Å². The first kappa shape index (κ1) is 16.3. The number of likely N-dealkylation sites (N-methyl/N-ethyl adjacent to an activating group) is 1. The molecule has 0 heterocycles. The number of hydrogen-bond acceptors (Lipinski definition) is 4. The zero-order valence-electron chi connectivity index (χ0n) is 13.1. The largest absolute Gasteiger partial charge is 0.497 e. The lowest BCUT2D eigenvalue weighted by Gasteiger charge is -2.26. The van der Waals surface area contributed by atoms with Crippen molar-refractivity contribution in [2.45, 2.75) is 6.04 Å². The third-order valence-electron chi connectivity index (χ3n) is 3.66. The third kappa shape index (κ3) is 4.48. The number of methoxy groups -OCH3 is 1. The van der Waals surface area contributed by atoms with E-state index in [4.69, 9.17) is 9.47 Å². The fourth-order valence-corrected chi connectivity index (χ4v) is 2.31. The number of aliphatic hydroxyl groups is 1. The summed E-state index contributed by atoms with van der Waals surface area (Å²) in [5.41, 5.74) is 1.06. The van der Waals surface area contributed by atoms with E-state index in [1.54, 1.807) is 7.11 Å². The standard InChI is InChI=1S/C18H23NO3/c1-19(12-13-22-17-6-4-3-5-7-17)18(14-20)15-8-10-16(21-2)11-9-15/h3-11,18,20H,12-14H2,1-2H3. The highest BCUT2D eigenvalue weighted by Crippen LogP contribution is 2.21. The van der Waals surface area contributed by atoms with E-state index < -0.39 is 0 Å². The van der Waals surface area contributed by atoms with Gasteiger partial charge in [0, 0.05) is 6.54 Å². The molecule has 4 nitrogen and oxygen atoms in total. The number of benzene rings is 2. The van der Waals surface area contributed by atoms with Gasteiger partial charge < -0.3 is 14.6 Å². The highest BCUT2D eigenvalue weighted by Gasteiger charge is 2.16. The van der Waals surface area contributed by atoms with Crippen LogP contribution in [0.3, 0.4) is 0 Å². The molecule has 2 rings (SSSR count). The van der Waals surface area contributed by atoms with Gasteiger partial charge in [0.2, 0.25) is 0 Å². The molecule has 1 N–H and O–H groups in total. The maximum Gasteiger partial charge on any atom is 0.119 e. The Hall–Kier alpha value is -2.04. The van der Waals surface area contributed by atoms with Crippen LogP contribution in [-0.2, 0) is 0 Å². The van der Waals surface area contributed by atoms with Gasteiger partial charge in [-0.25, -0.2) is 0 Å². The van der Waals surface area contributed by atoms with Gasteiger partial charge in [-0.1, -0.05) is 30.3 Å². The SMILES string of the molecule is COc1ccc(C(CO)N(C)CCOc2ccccc2)cc1. The third-order valence-corrected chi connectivity index (χ3v) is 3.66. The van der Waals surface area contributed by atoms with Gasteiger partial charge in [0.05, 0.1) is 19.8 Å². The first-order valence-corrected chi connectivity index (χ1v) is 7.37. The number of rotatable bonds is 8. The molecule has 0 saturated heterocycles. The van der Waals surface area contributed by atoms with E-state index in [1.165, 1.54) is 0 Å². The van der Waals surface area contributed by atoms with Gasteiger partial charge in [0.1, 0.15) is 18.1 Å². The van der Waals surface area contributed by atoms with Crippen LogP contribution in [0, 0.1) is 0 Å². The molecule has 2 aromatic carbocycles. The highest BCUT2D eigenvalue weighted by molar-refractivity contribution is 5.29. The summed E-state index contributed by atoms with van der Waals surface area (Å²) in [5.74, 6) is 1.68. The summed E-state index contributed by atoms with van der Waals surface area (Å²) in [6, 6.07) is 17.5. The summed E-state index contributed by atoms with van der Waals surface area (Å²) >= 11 is 0. The van der Waals surface area contributed by atoms with Crippen molar-refractivity contribution in [1.29, 1.82) is 0 Å². The number of nitrogens with zero attached hydrogens (tertiary/aromatic N) is 1. The minimum Gasteiger partial charge on any atom is -0.497 e. The number of para-hydroxylation sites is 1. The smallest absolute Gasteiger partial charge is 0.119 e. The quantitative estimate of drug-likeness (QED) is 0.814. The molecule has 0 aliphatic heterocycles. The highest BCUT2D eigenvalue weighted by atomic mass is 16.5. The maximum absolute atomic E-state index is 9.68. The molecule has 0 aromatic heterocycles. The molecule has 1 unspecified atom stereocenters. The summed E-state index contributed by atoms with van der Waals surface area (Å²) in [5, 5.41) is 9.68. The molecule has 22 heavy (non-hydrogen) atoms. The topological polar surface area (TPSA) is 41.9 Å². The Morgan fingerprint density at radius 3 is 2.27 bits per heavy atom. The molecule has 0 aliphatic rings.